The van der Waals surface area contributed by atoms with Crippen molar-refractivity contribution in [2.24, 2.45) is 0 Å². The van der Waals surface area contributed by atoms with Crippen molar-refractivity contribution < 1.29 is 9.47 Å². The molecular weight excluding hydrogens is 272 g/mol. The molecule has 2 nitrogen and oxygen atoms in total. The highest BCUT2D eigenvalue weighted by atomic mass is 35.5. The Morgan fingerprint density at radius 3 is 2.35 bits per heavy atom. The summed E-state index contributed by atoms with van der Waals surface area (Å²) in [5.74, 6) is 2.02. The van der Waals surface area contributed by atoms with E-state index < -0.39 is 0 Å². The fourth-order valence-electron chi connectivity index (χ4n) is 2.22. The van der Waals surface area contributed by atoms with Crippen molar-refractivity contribution in [2.75, 3.05) is 13.7 Å². The first-order chi connectivity index (χ1) is 9.83. The Balaban J connectivity index is 2.27. The van der Waals surface area contributed by atoms with Crippen molar-refractivity contribution >= 4 is 11.6 Å². The van der Waals surface area contributed by atoms with Gasteiger partial charge in [-0.1, -0.05) is 57.6 Å². The van der Waals surface area contributed by atoms with Gasteiger partial charge in [-0.15, -0.1) is 11.6 Å². The molecule has 0 N–H and O–H groups in total. The van der Waals surface area contributed by atoms with E-state index in [0.717, 1.165) is 30.1 Å². The van der Waals surface area contributed by atoms with Crippen molar-refractivity contribution in [3.63, 3.8) is 0 Å². The summed E-state index contributed by atoms with van der Waals surface area (Å²) in [6.07, 6.45) is 8.99. The first-order valence-electron chi connectivity index (χ1n) is 7.68. The van der Waals surface area contributed by atoms with Crippen LogP contribution in [0.4, 0.5) is 0 Å². The molecule has 0 fully saturated rings. The molecule has 0 radical (unpaired) electrons. The van der Waals surface area contributed by atoms with Crippen LogP contribution in [0.2, 0.25) is 0 Å². The van der Waals surface area contributed by atoms with Crippen LogP contribution in [0.25, 0.3) is 0 Å². The SMILES string of the molecule is CCCCCCCCCOc1c(CCl)cccc1OC. The third kappa shape index (κ3) is 6.04. The minimum Gasteiger partial charge on any atom is -0.493 e. The highest BCUT2D eigenvalue weighted by Gasteiger charge is 2.09. The minimum absolute atomic E-state index is 0.448. The Hall–Kier alpha value is -0.890. The van der Waals surface area contributed by atoms with Gasteiger partial charge in [0.2, 0.25) is 0 Å². The molecule has 0 spiro atoms. The van der Waals surface area contributed by atoms with Gasteiger partial charge in [-0.2, -0.15) is 0 Å². The predicted octanol–water partition coefficient (Wildman–Crippen LogP) is 5.56. The van der Waals surface area contributed by atoms with Crippen molar-refractivity contribution in [2.45, 2.75) is 57.7 Å². The molecule has 1 aromatic rings. The van der Waals surface area contributed by atoms with Crippen molar-refractivity contribution in [3.05, 3.63) is 23.8 Å². The smallest absolute Gasteiger partial charge is 0.165 e. The standard InChI is InChI=1S/C17H27ClO2/c1-3-4-5-6-7-8-9-13-20-17-15(14-18)11-10-12-16(17)19-2/h10-12H,3-9,13-14H2,1-2H3. The van der Waals surface area contributed by atoms with Crippen LogP contribution in [0, 0.1) is 0 Å². The van der Waals surface area contributed by atoms with Crippen LogP contribution in [0.15, 0.2) is 18.2 Å². The van der Waals surface area contributed by atoms with Gasteiger partial charge in [0.25, 0.3) is 0 Å². The van der Waals surface area contributed by atoms with Gasteiger partial charge in [-0.05, 0) is 12.5 Å². The molecule has 0 aliphatic carbocycles. The maximum Gasteiger partial charge on any atom is 0.165 e. The second-order valence-corrected chi connectivity index (χ2v) is 5.32. The number of benzene rings is 1. The highest BCUT2D eigenvalue weighted by Crippen LogP contribution is 2.32. The number of methoxy groups -OCH3 is 1. The average Bonchev–Trinajstić information content (AvgIpc) is 2.49. The van der Waals surface area contributed by atoms with E-state index in [9.17, 15) is 0 Å². The third-order valence-electron chi connectivity index (χ3n) is 3.42. The molecule has 0 aromatic heterocycles. The molecule has 1 rings (SSSR count). The summed E-state index contributed by atoms with van der Waals surface area (Å²) in [7, 11) is 1.66. The van der Waals surface area contributed by atoms with E-state index in [4.69, 9.17) is 21.1 Å². The monoisotopic (exact) mass is 298 g/mol. The summed E-state index contributed by atoms with van der Waals surface area (Å²) < 4.78 is 11.2. The lowest BCUT2D eigenvalue weighted by Crippen LogP contribution is -2.02. The van der Waals surface area contributed by atoms with Gasteiger partial charge in [-0.3, -0.25) is 0 Å². The van der Waals surface area contributed by atoms with E-state index in [1.54, 1.807) is 7.11 Å². The van der Waals surface area contributed by atoms with Crippen LogP contribution in [-0.2, 0) is 5.88 Å². The molecular formula is C17H27ClO2. The molecule has 20 heavy (non-hydrogen) atoms. The van der Waals surface area contributed by atoms with Crippen molar-refractivity contribution in [1.29, 1.82) is 0 Å². The highest BCUT2D eigenvalue weighted by molar-refractivity contribution is 6.17. The molecule has 0 saturated carbocycles. The molecule has 3 heteroatoms. The summed E-state index contributed by atoms with van der Waals surface area (Å²) in [6, 6.07) is 5.84. The molecule has 114 valence electrons. The normalized spacial score (nSPS) is 10.6. The number of halogens is 1. The molecule has 0 unspecified atom stereocenters. The zero-order chi connectivity index (χ0) is 14.6. The molecule has 0 atom stereocenters. The van der Waals surface area contributed by atoms with E-state index in [1.165, 1.54) is 38.5 Å². The Morgan fingerprint density at radius 2 is 1.70 bits per heavy atom. The van der Waals surface area contributed by atoms with Crippen LogP contribution in [0.5, 0.6) is 11.5 Å². The number of ether oxygens (including phenoxy) is 2. The number of alkyl halides is 1. The lowest BCUT2D eigenvalue weighted by Gasteiger charge is -2.13. The van der Waals surface area contributed by atoms with Gasteiger partial charge < -0.3 is 9.47 Å². The Labute approximate surface area is 128 Å². The van der Waals surface area contributed by atoms with Crippen LogP contribution in [0.3, 0.4) is 0 Å². The van der Waals surface area contributed by atoms with Gasteiger partial charge >= 0.3 is 0 Å². The predicted molar refractivity (Wildman–Crippen MR) is 86.0 cm³/mol. The van der Waals surface area contributed by atoms with E-state index in [0.29, 0.717) is 5.88 Å². The molecule has 0 aliphatic heterocycles. The van der Waals surface area contributed by atoms with Gasteiger partial charge in [0.05, 0.1) is 19.6 Å². The van der Waals surface area contributed by atoms with E-state index in [2.05, 4.69) is 6.92 Å². The third-order valence-corrected chi connectivity index (χ3v) is 3.71. The molecule has 0 amide bonds. The van der Waals surface area contributed by atoms with E-state index in [1.807, 2.05) is 18.2 Å². The Bertz CT molecular complexity index is 344. The summed E-state index contributed by atoms with van der Waals surface area (Å²) in [6.45, 7) is 2.98. The lowest BCUT2D eigenvalue weighted by molar-refractivity contribution is 0.282. The van der Waals surface area contributed by atoms with Crippen molar-refractivity contribution in [3.8, 4) is 11.5 Å². The second-order valence-electron chi connectivity index (χ2n) is 5.05. The maximum atomic E-state index is 5.94. The van der Waals surface area contributed by atoms with Crippen LogP contribution >= 0.6 is 11.6 Å². The van der Waals surface area contributed by atoms with Gasteiger partial charge in [0.1, 0.15) is 0 Å². The Morgan fingerprint density at radius 1 is 1.00 bits per heavy atom. The van der Waals surface area contributed by atoms with Gasteiger partial charge in [-0.25, -0.2) is 0 Å². The maximum absolute atomic E-state index is 5.94. The summed E-state index contributed by atoms with van der Waals surface area (Å²) in [5.41, 5.74) is 0.994. The summed E-state index contributed by atoms with van der Waals surface area (Å²) >= 11 is 5.94. The zero-order valence-corrected chi connectivity index (χ0v) is 13.5. The van der Waals surface area contributed by atoms with Crippen molar-refractivity contribution in [1.82, 2.24) is 0 Å². The largest absolute Gasteiger partial charge is 0.493 e. The Kier molecular flexibility index (Phi) is 9.31. The zero-order valence-electron chi connectivity index (χ0n) is 12.8. The number of hydrogen-bond acceptors (Lipinski definition) is 2. The number of hydrogen-bond donors (Lipinski definition) is 0. The number of rotatable bonds is 11. The fourth-order valence-corrected chi connectivity index (χ4v) is 2.43. The molecule has 0 bridgehead atoms. The molecule has 0 saturated heterocycles. The average molecular weight is 299 g/mol. The first-order valence-corrected chi connectivity index (χ1v) is 8.21. The number of para-hydroxylation sites is 1. The summed E-state index contributed by atoms with van der Waals surface area (Å²) in [5, 5.41) is 0. The molecule has 0 aliphatic rings. The van der Waals surface area contributed by atoms with E-state index >= 15 is 0 Å². The van der Waals surface area contributed by atoms with E-state index in [-0.39, 0.29) is 0 Å². The van der Waals surface area contributed by atoms with Crippen LogP contribution in [-0.4, -0.2) is 13.7 Å². The lowest BCUT2D eigenvalue weighted by atomic mass is 10.1. The first kappa shape index (κ1) is 17.2. The summed E-state index contributed by atoms with van der Waals surface area (Å²) in [4.78, 5) is 0. The fraction of sp³-hybridized carbons (Fsp3) is 0.647. The van der Waals surface area contributed by atoms with Gasteiger partial charge in [0, 0.05) is 5.56 Å². The molecule has 1 aromatic carbocycles. The number of unbranched alkanes of at least 4 members (excludes halogenated alkanes) is 6. The van der Waals surface area contributed by atoms with Crippen LogP contribution in [0.1, 0.15) is 57.4 Å². The molecule has 0 heterocycles. The van der Waals surface area contributed by atoms with Gasteiger partial charge in [0.15, 0.2) is 11.5 Å². The van der Waals surface area contributed by atoms with Crippen LogP contribution < -0.4 is 9.47 Å². The topological polar surface area (TPSA) is 18.5 Å². The minimum atomic E-state index is 0.448. The second kappa shape index (κ2) is 10.8. The quantitative estimate of drug-likeness (QED) is 0.393.